The second-order valence-electron chi connectivity index (χ2n) is 6.50. The van der Waals surface area contributed by atoms with Crippen LogP contribution in [0.1, 0.15) is 58.4 Å². The van der Waals surface area contributed by atoms with Crippen LogP contribution in [0.25, 0.3) is 0 Å². The molecule has 0 aliphatic heterocycles. The van der Waals surface area contributed by atoms with Gasteiger partial charge in [-0.2, -0.15) is 0 Å². The first-order valence-electron chi connectivity index (χ1n) is 8.62. The molecule has 21 heavy (non-hydrogen) atoms. The SMILES string of the molecule is CCN(CC)C[C@](CC)(c1ccccc1)C1(O)CCCC1. The summed E-state index contributed by atoms with van der Waals surface area (Å²) in [4.78, 5) is 2.47. The molecular weight excluding hydrogens is 258 g/mol. The van der Waals surface area contributed by atoms with Gasteiger partial charge in [0.2, 0.25) is 0 Å². The van der Waals surface area contributed by atoms with Crippen LogP contribution < -0.4 is 0 Å². The summed E-state index contributed by atoms with van der Waals surface area (Å²) in [6.45, 7) is 9.72. The van der Waals surface area contributed by atoms with Crippen LogP contribution >= 0.6 is 0 Å². The Bertz CT molecular complexity index is 420. The predicted molar refractivity (Wildman–Crippen MR) is 89.6 cm³/mol. The molecule has 0 spiro atoms. The molecule has 2 rings (SSSR count). The Morgan fingerprint density at radius 3 is 2.10 bits per heavy atom. The molecule has 0 aromatic heterocycles. The summed E-state index contributed by atoms with van der Waals surface area (Å²) in [6, 6.07) is 10.7. The molecule has 2 nitrogen and oxygen atoms in total. The van der Waals surface area contributed by atoms with E-state index in [1.807, 2.05) is 0 Å². The average Bonchev–Trinajstić information content (AvgIpc) is 2.98. The molecule has 0 unspecified atom stereocenters. The lowest BCUT2D eigenvalue weighted by Gasteiger charge is -2.48. The third kappa shape index (κ3) is 3.02. The highest BCUT2D eigenvalue weighted by Gasteiger charge is 2.51. The third-order valence-corrected chi connectivity index (χ3v) is 5.64. The second kappa shape index (κ2) is 6.93. The molecule has 1 aliphatic carbocycles. The number of benzene rings is 1. The van der Waals surface area contributed by atoms with Crippen LogP contribution in [0.5, 0.6) is 0 Å². The van der Waals surface area contributed by atoms with Gasteiger partial charge in [-0.05, 0) is 37.9 Å². The number of hydrogen-bond acceptors (Lipinski definition) is 2. The van der Waals surface area contributed by atoms with Gasteiger partial charge in [-0.15, -0.1) is 0 Å². The van der Waals surface area contributed by atoms with Crippen LogP contribution in [0.15, 0.2) is 30.3 Å². The van der Waals surface area contributed by atoms with Crippen LogP contribution in [0.3, 0.4) is 0 Å². The van der Waals surface area contributed by atoms with Gasteiger partial charge in [-0.25, -0.2) is 0 Å². The van der Waals surface area contributed by atoms with Crippen LogP contribution in [-0.2, 0) is 5.41 Å². The molecule has 0 heterocycles. The zero-order valence-electron chi connectivity index (χ0n) is 13.9. The van der Waals surface area contributed by atoms with Gasteiger partial charge in [0.15, 0.2) is 0 Å². The van der Waals surface area contributed by atoms with Crippen molar-refractivity contribution < 1.29 is 5.11 Å². The topological polar surface area (TPSA) is 23.5 Å². The highest BCUT2D eigenvalue weighted by atomic mass is 16.3. The summed E-state index contributed by atoms with van der Waals surface area (Å²) < 4.78 is 0. The maximum Gasteiger partial charge on any atom is 0.0756 e. The van der Waals surface area contributed by atoms with Gasteiger partial charge in [-0.1, -0.05) is 63.9 Å². The lowest BCUT2D eigenvalue weighted by Crippen LogP contribution is -2.56. The molecule has 1 N–H and O–H groups in total. The van der Waals surface area contributed by atoms with Crippen LogP contribution in [0.4, 0.5) is 0 Å². The monoisotopic (exact) mass is 289 g/mol. The standard InChI is InChI=1S/C19H31NO/c1-4-18(16-20(5-2)6-3,17-12-8-7-9-13-17)19(21)14-10-11-15-19/h7-9,12-13,21H,4-6,10-11,14-16H2,1-3H3/t18-/m1/s1. The van der Waals surface area contributed by atoms with Crippen molar-refractivity contribution in [2.45, 2.75) is 63.9 Å². The van der Waals surface area contributed by atoms with Crippen molar-refractivity contribution in [1.82, 2.24) is 4.90 Å². The van der Waals surface area contributed by atoms with Gasteiger partial charge in [0.25, 0.3) is 0 Å². The van der Waals surface area contributed by atoms with Crippen LogP contribution in [0.2, 0.25) is 0 Å². The fourth-order valence-electron chi connectivity index (χ4n) is 4.18. The maximum atomic E-state index is 11.5. The number of rotatable bonds is 7. The van der Waals surface area contributed by atoms with E-state index in [-0.39, 0.29) is 5.41 Å². The average molecular weight is 289 g/mol. The summed E-state index contributed by atoms with van der Waals surface area (Å²) in [5.41, 5.74) is 0.617. The molecule has 1 atom stereocenters. The number of nitrogens with zero attached hydrogens (tertiary/aromatic N) is 1. The highest BCUT2D eigenvalue weighted by molar-refractivity contribution is 5.31. The summed E-state index contributed by atoms with van der Waals surface area (Å²) >= 11 is 0. The lowest BCUT2D eigenvalue weighted by atomic mass is 9.64. The summed E-state index contributed by atoms with van der Waals surface area (Å²) in [5, 5.41) is 11.5. The smallest absolute Gasteiger partial charge is 0.0756 e. The zero-order valence-corrected chi connectivity index (χ0v) is 13.9. The van der Waals surface area contributed by atoms with Crippen molar-refractivity contribution in [2.75, 3.05) is 19.6 Å². The van der Waals surface area contributed by atoms with Gasteiger partial charge >= 0.3 is 0 Å². The minimum absolute atomic E-state index is 0.142. The molecule has 1 aliphatic rings. The van der Waals surface area contributed by atoms with E-state index in [0.717, 1.165) is 51.7 Å². The molecule has 0 bridgehead atoms. The van der Waals surface area contributed by atoms with E-state index in [2.05, 4.69) is 56.0 Å². The van der Waals surface area contributed by atoms with Crippen molar-refractivity contribution in [2.24, 2.45) is 0 Å². The van der Waals surface area contributed by atoms with Gasteiger partial charge in [0.05, 0.1) is 5.60 Å². The molecule has 0 amide bonds. The zero-order chi connectivity index (χ0) is 15.3. The predicted octanol–water partition coefficient (Wildman–Crippen LogP) is 3.98. The third-order valence-electron chi connectivity index (χ3n) is 5.64. The van der Waals surface area contributed by atoms with Crippen molar-refractivity contribution in [3.05, 3.63) is 35.9 Å². The van der Waals surface area contributed by atoms with Crippen molar-refractivity contribution in [3.8, 4) is 0 Å². The number of aliphatic hydroxyl groups is 1. The Morgan fingerprint density at radius 1 is 1.05 bits per heavy atom. The molecule has 1 fully saturated rings. The fraction of sp³-hybridized carbons (Fsp3) is 0.684. The Hall–Kier alpha value is -0.860. The van der Waals surface area contributed by atoms with Crippen molar-refractivity contribution >= 4 is 0 Å². The summed E-state index contributed by atoms with van der Waals surface area (Å²) in [5.74, 6) is 0. The Kier molecular flexibility index (Phi) is 5.45. The molecule has 2 heteroatoms. The van der Waals surface area contributed by atoms with Crippen LogP contribution in [-0.4, -0.2) is 35.2 Å². The molecule has 0 saturated heterocycles. The van der Waals surface area contributed by atoms with E-state index < -0.39 is 5.60 Å². The van der Waals surface area contributed by atoms with E-state index in [0.29, 0.717) is 0 Å². The Labute approximate surface area is 130 Å². The Balaban J connectivity index is 2.45. The molecule has 118 valence electrons. The largest absolute Gasteiger partial charge is 0.389 e. The summed E-state index contributed by atoms with van der Waals surface area (Å²) in [7, 11) is 0. The molecule has 1 aromatic carbocycles. The number of likely N-dealkylation sites (N-methyl/N-ethyl adjacent to an activating group) is 1. The molecule has 0 radical (unpaired) electrons. The minimum atomic E-state index is -0.550. The van der Waals surface area contributed by atoms with Crippen molar-refractivity contribution in [1.29, 1.82) is 0 Å². The molecule has 1 saturated carbocycles. The van der Waals surface area contributed by atoms with E-state index >= 15 is 0 Å². The van der Waals surface area contributed by atoms with Gasteiger partial charge in [-0.3, -0.25) is 0 Å². The van der Waals surface area contributed by atoms with Crippen molar-refractivity contribution in [3.63, 3.8) is 0 Å². The Morgan fingerprint density at radius 2 is 1.62 bits per heavy atom. The first-order valence-corrected chi connectivity index (χ1v) is 8.62. The van der Waals surface area contributed by atoms with Gasteiger partial charge in [0.1, 0.15) is 0 Å². The van der Waals surface area contributed by atoms with Crippen LogP contribution in [0, 0.1) is 0 Å². The normalized spacial score (nSPS) is 20.6. The number of hydrogen-bond donors (Lipinski definition) is 1. The highest BCUT2D eigenvalue weighted by Crippen LogP contribution is 2.48. The van der Waals surface area contributed by atoms with E-state index in [1.54, 1.807) is 0 Å². The summed E-state index contributed by atoms with van der Waals surface area (Å²) in [6.07, 6.45) is 5.19. The molecule has 1 aromatic rings. The quantitative estimate of drug-likeness (QED) is 0.820. The van der Waals surface area contributed by atoms with Gasteiger partial charge in [0, 0.05) is 12.0 Å². The van der Waals surface area contributed by atoms with Gasteiger partial charge < -0.3 is 10.0 Å². The minimum Gasteiger partial charge on any atom is -0.389 e. The van der Waals surface area contributed by atoms with E-state index in [1.165, 1.54) is 5.56 Å². The second-order valence-corrected chi connectivity index (χ2v) is 6.50. The first kappa shape index (κ1) is 16.5. The first-order chi connectivity index (χ1) is 10.1. The fourth-order valence-corrected chi connectivity index (χ4v) is 4.18. The maximum absolute atomic E-state index is 11.5. The van der Waals surface area contributed by atoms with E-state index in [4.69, 9.17) is 0 Å². The lowest BCUT2D eigenvalue weighted by molar-refractivity contribution is -0.0510. The molecular formula is C19H31NO. The van der Waals surface area contributed by atoms with E-state index in [9.17, 15) is 5.11 Å².